The van der Waals surface area contributed by atoms with E-state index in [2.05, 4.69) is 15.3 Å². The zero-order valence-electron chi connectivity index (χ0n) is 19.8. The van der Waals surface area contributed by atoms with Gasteiger partial charge in [0.05, 0.1) is 36.1 Å². The summed E-state index contributed by atoms with van der Waals surface area (Å²) in [5.74, 6) is -1.01. The molecule has 0 spiro atoms. The summed E-state index contributed by atoms with van der Waals surface area (Å²) in [4.78, 5) is 23.4. The third kappa shape index (κ3) is 5.77. The molecule has 0 radical (unpaired) electrons. The second-order valence-corrected chi connectivity index (χ2v) is 10.3. The third-order valence-electron chi connectivity index (χ3n) is 5.50. The Morgan fingerprint density at radius 2 is 1.81 bits per heavy atom. The number of aromatic nitrogens is 2. The molecule has 36 heavy (non-hydrogen) atoms. The Kier molecular flexibility index (Phi) is 7.44. The van der Waals surface area contributed by atoms with E-state index < -0.39 is 26.7 Å². The van der Waals surface area contributed by atoms with Gasteiger partial charge in [0.1, 0.15) is 11.6 Å². The first-order chi connectivity index (χ1) is 17.3. The lowest BCUT2D eigenvalue weighted by atomic mass is 10.1. The van der Waals surface area contributed by atoms with Crippen LogP contribution in [0.25, 0.3) is 0 Å². The fourth-order valence-electron chi connectivity index (χ4n) is 3.51. The molecule has 1 N–H and O–H groups in total. The van der Waals surface area contributed by atoms with Crippen LogP contribution in [0.5, 0.6) is 0 Å². The van der Waals surface area contributed by atoms with Crippen LogP contribution >= 0.6 is 0 Å². The quantitative estimate of drug-likeness (QED) is 0.325. The van der Waals surface area contributed by atoms with Crippen molar-refractivity contribution in [2.24, 2.45) is 0 Å². The Bertz CT molecular complexity index is 1460. The lowest BCUT2D eigenvalue weighted by Crippen LogP contribution is -2.28. The van der Waals surface area contributed by atoms with Crippen LogP contribution in [0.15, 0.2) is 82.7 Å². The molecule has 0 atom stereocenters. The van der Waals surface area contributed by atoms with Crippen molar-refractivity contribution in [3.05, 3.63) is 102 Å². The predicted octanol–water partition coefficient (Wildman–Crippen LogP) is 4.77. The molecule has 4 aromatic rings. The highest BCUT2D eigenvalue weighted by Gasteiger charge is 2.25. The van der Waals surface area contributed by atoms with Gasteiger partial charge in [0, 0.05) is 6.54 Å². The monoisotopic (exact) mass is 508 g/mol. The highest BCUT2D eigenvalue weighted by atomic mass is 32.2. The van der Waals surface area contributed by atoms with Crippen LogP contribution in [-0.2, 0) is 22.9 Å². The molecule has 0 aliphatic carbocycles. The number of benzene rings is 2. The molecule has 0 unspecified atom stereocenters. The average Bonchev–Trinajstić information content (AvgIpc) is 3.39. The van der Waals surface area contributed by atoms with E-state index in [-0.39, 0.29) is 29.4 Å². The maximum Gasteiger partial charge on any atom is 0.276 e. The third-order valence-corrected chi connectivity index (χ3v) is 7.02. The maximum absolute atomic E-state index is 14.3. The first-order valence-electron chi connectivity index (χ1n) is 11.3. The second-order valence-electron chi connectivity index (χ2n) is 8.14. The number of hydrogen-bond acceptors (Lipinski definition) is 7. The summed E-state index contributed by atoms with van der Waals surface area (Å²) in [7, 11) is -3.80. The molecule has 4 rings (SSSR count). The minimum Gasteiger partial charge on any atom is -0.467 e. The minimum absolute atomic E-state index is 0.0527. The number of carbonyl (C=O) groups is 1. The second kappa shape index (κ2) is 10.7. The zero-order chi connectivity index (χ0) is 25.7. The molecule has 0 fully saturated rings. The van der Waals surface area contributed by atoms with Gasteiger partial charge in [0.2, 0.25) is 15.0 Å². The van der Waals surface area contributed by atoms with Crippen LogP contribution in [0.4, 0.5) is 15.8 Å². The van der Waals surface area contributed by atoms with Gasteiger partial charge in [-0.1, -0.05) is 48.9 Å². The van der Waals surface area contributed by atoms with E-state index >= 15 is 0 Å². The van der Waals surface area contributed by atoms with E-state index in [4.69, 9.17) is 4.42 Å². The number of halogens is 1. The van der Waals surface area contributed by atoms with Gasteiger partial charge < -0.3 is 14.6 Å². The van der Waals surface area contributed by atoms with E-state index in [0.717, 1.165) is 11.1 Å². The number of carbonyl (C=O) groups excluding carboxylic acids is 1. The number of rotatable bonds is 9. The number of hydrogen-bond donors (Lipinski definition) is 1. The molecule has 0 aliphatic rings. The maximum atomic E-state index is 14.3. The van der Waals surface area contributed by atoms with Gasteiger partial charge in [0.25, 0.3) is 5.91 Å². The number of amides is 1. The van der Waals surface area contributed by atoms with Crippen LogP contribution in [-0.4, -0.2) is 30.0 Å². The highest BCUT2D eigenvalue weighted by Crippen LogP contribution is 2.26. The minimum atomic E-state index is -3.80. The van der Waals surface area contributed by atoms with E-state index in [1.807, 2.05) is 36.1 Å². The van der Waals surface area contributed by atoms with Crippen molar-refractivity contribution >= 4 is 27.1 Å². The molecular formula is C26H25FN4O4S. The number of aryl methyl sites for hydroxylation is 1. The number of para-hydroxylation sites is 1. The molecule has 2 aromatic carbocycles. The van der Waals surface area contributed by atoms with Crippen molar-refractivity contribution in [1.29, 1.82) is 0 Å². The van der Waals surface area contributed by atoms with Gasteiger partial charge in [-0.2, -0.15) is 0 Å². The van der Waals surface area contributed by atoms with Crippen LogP contribution in [0.1, 0.15) is 34.3 Å². The number of anilines is 2. The lowest BCUT2D eigenvalue weighted by Gasteiger charge is -2.25. The normalized spacial score (nSPS) is 11.3. The number of nitrogens with one attached hydrogen (secondary N) is 1. The zero-order valence-corrected chi connectivity index (χ0v) is 20.6. The Labute approximate surface area is 208 Å². The van der Waals surface area contributed by atoms with E-state index in [0.29, 0.717) is 12.3 Å². The molecule has 0 bridgehead atoms. The molecule has 1 amide bonds. The SMILES string of the molecule is CCS(=O)(=O)c1ncc(N(Cc2ccc(C)cc2)Cc2ccco2)c(C(=O)Nc2ccccc2F)n1. The summed E-state index contributed by atoms with van der Waals surface area (Å²) in [5, 5.41) is 2.03. The molecule has 8 nitrogen and oxygen atoms in total. The summed E-state index contributed by atoms with van der Waals surface area (Å²) in [5.41, 5.74) is 2.06. The largest absolute Gasteiger partial charge is 0.467 e. The number of nitrogens with zero attached hydrogens (tertiary/aromatic N) is 3. The van der Waals surface area contributed by atoms with Gasteiger partial charge in [-0.25, -0.2) is 22.8 Å². The predicted molar refractivity (Wildman–Crippen MR) is 134 cm³/mol. The van der Waals surface area contributed by atoms with E-state index in [9.17, 15) is 17.6 Å². The molecular weight excluding hydrogens is 483 g/mol. The van der Waals surface area contributed by atoms with E-state index in [1.54, 1.807) is 24.5 Å². The number of sulfone groups is 1. The first-order valence-corrected chi connectivity index (χ1v) is 12.9. The van der Waals surface area contributed by atoms with Crippen molar-refractivity contribution in [3.8, 4) is 0 Å². The van der Waals surface area contributed by atoms with Gasteiger partial charge in [-0.15, -0.1) is 0 Å². The van der Waals surface area contributed by atoms with Crippen molar-refractivity contribution < 1.29 is 22.0 Å². The van der Waals surface area contributed by atoms with E-state index in [1.165, 1.54) is 31.3 Å². The van der Waals surface area contributed by atoms with Gasteiger partial charge in [-0.05, 0) is 36.8 Å². The first kappa shape index (κ1) is 25.1. The Morgan fingerprint density at radius 1 is 1.06 bits per heavy atom. The van der Waals surface area contributed by atoms with Gasteiger partial charge >= 0.3 is 0 Å². The molecule has 10 heteroatoms. The molecule has 186 valence electrons. The fourth-order valence-corrected chi connectivity index (χ4v) is 4.21. The standard InChI is InChI=1S/C26H25FN4O4S/c1-3-36(33,34)26-28-15-23(24(30-26)25(32)29-22-9-5-4-8-21(22)27)31(17-20-7-6-14-35-20)16-19-12-10-18(2)11-13-19/h4-15H,3,16-17H2,1-2H3,(H,29,32). The fraction of sp³-hybridized carbons (Fsp3) is 0.192. The molecule has 0 aliphatic heterocycles. The van der Waals surface area contributed by atoms with Gasteiger partial charge in [-0.3, -0.25) is 4.79 Å². The Balaban J connectivity index is 1.80. The Morgan fingerprint density at radius 3 is 2.47 bits per heavy atom. The van der Waals surface area contributed by atoms with Crippen LogP contribution in [0.2, 0.25) is 0 Å². The number of furan rings is 1. The topological polar surface area (TPSA) is 105 Å². The highest BCUT2D eigenvalue weighted by molar-refractivity contribution is 7.91. The van der Waals surface area contributed by atoms with Crippen molar-refractivity contribution in [2.75, 3.05) is 16.0 Å². The summed E-state index contributed by atoms with van der Waals surface area (Å²) in [6.07, 6.45) is 2.85. The van der Waals surface area contributed by atoms with Crippen LogP contribution < -0.4 is 10.2 Å². The lowest BCUT2D eigenvalue weighted by molar-refractivity contribution is 0.102. The molecule has 0 saturated heterocycles. The van der Waals surface area contributed by atoms with Gasteiger partial charge in [0.15, 0.2) is 5.69 Å². The summed E-state index contributed by atoms with van der Waals surface area (Å²) < 4.78 is 44.8. The summed E-state index contributed by atoms with van der Waals surface area (Å²) in [6.45, 7) is 4.05. The Hall–Kier alpha value is -4.05. The van der Waals surface area contributed by atoms with Crippen molar-refractivity contribution in [3.63, 3.8) is 0 Å². The van der Waals surface area contributed by atoms with Crippen LogP contribution in [0, 0.1) is 12.7 Å². The van der Waals surface area contributed by atoms with Crippen molar-refractivity contribution in [1.82, 2.24) is 9.97 Å². The molecule has 2 aromatic heterocycles. The van der Waals surface area contributed by atoms with Crippen LogP contribution in [0.3, 0.4) is 0 Å². The average molecular weight is 509 g/mol. The van der Waals surface area contributed by atoms with Crippen molar-refractivity contribution in [2.45, 2.75) is 32.1 Å². The molecule has 2 heterocycles. The smallest absolute Gasteiger partial charge is 0.276 e. The summed E-state index contributed by atoms with van der Waals surface area (Å²) in [6, 6.07) is 17.1. The molecule has 0 saturated carbocycles. The summed E-state index contributed by atoms with van der Waals surface area (Å²) >= 11 is 0.